The summed E-state index contributed by atoms with van der Waals surface area (Å²) in [5, 5.41) is 0. The van der Waals surface area contributed by atoms with E-state index in [2.05, 4.69) is 54.1 Å². The zero-order valence-electron chi connectivity index (χ0n) is 13.3. The number of hydrogen-bond donors (Lipinski definition) is 0. The molecular weight excluding hydrogens is 284 g/mol. The van der Waals surface area contributed by atoms with Crippen molar-refractivity contribution in [3.63, 3.8) is 0 Å². The number of hydrogen-bond acceptors (Lipinski definition) is 2. The van der Waals surface area contributed by atoms with Gasteiger partial charge in [-0.3, -0.25) is 0 Å². The Kier molecular flexibility index (Phi) is 3.62. The molecule has 0 aliphatic carbocycles. The fraction of sp³-hybridized carbons (Fsp3) is 0.250. The Morgan fingerprint density at radius 3 is 2.96 bits per heavy atom. The third-order valence-corrected chi connectivity index (χ3v) is 4.26. The van der Waals surface area contributed by atoms with E-state index < -0.39 is 0 Å². The second-order valence-corrected chi connectivity index (χ2v) is 5.93. The highest BCUT2D eigenvalue weighted by atomic mass is 16.5. The molecule has 0 radical (unpaired) electrons. The first kappa shape index (κ1) is 14.1. The molecule has 1 aliphatic rings. The lowest BCUT2D eigenvalue weighted by atomic mass is 10.0. The molecule has 116 valence electrons. The Balaban J connectivity index is 1.71. The van der Waals surface area contributed by atoms with Crippen LogP contribution in [0.4, 0.5) is 0 Å². The first-order valence-electron chi connectivity index (χ1n) is 8.24. The quantitative estimate of drug-likeness (QED) is 0.706. The number of ether oxygens (including phenoxy) is 1. The van der Waals surface area contributed by atoms with Crippen molar-refractivity contribution in [2.75, 3.05) is 6.61 Å². The molecular formula is C20H20N2O. The average molecular weight is 304 g/mol. The third kappa shape index (κ3) is 2.63. The topological polar surface area (TPSA) is 27.1 Å². The van der Waals surface area contributed by atoms with E-state index in [4.69, 9.17) is 9.72 Å². The summed E-state index contributed by atoms with van der Waals surface area (Å²) in [4.78, 5) is 4.89. The van der Waals surface area contributed by atoms with Gasteiger partial charge >= 0.3 is 0 Å². The maximum absolute atomic E-state index is 5.74. The molecule has 0 N–H and O–H groups in total. The number of rotatable bonds is 4. The minimum atomic E-state index is 0.747. The molecule has 0 spiro atoms. The first-order chi connectivity index (χ1) is 11.3. The van der Waals surface area contributed by atoms with Crippen LogP contribution in [0.5, 0.6) is 5.75 Å². The van der Waals surface area contributed by atoms with Crippen molar-refractivity contribution in [2.45, 2.75) is 26.3 Å². The standard InChI is InChI=1S/C20H20N2O/c1-2-12-23-17-8-5-7-16(13-17)19-14-22-11-10-15-6-3-4-9-18(15)20(22)21-19/h3-9,13-14H,2,10-12H2,1H3. The van der Waals surface area contributed by atoms with Crippen LogP contribution in [-0.4, -0.2) is 16.2 Å². The molecule has 3 heteroatoms. The summed E-state index contributed by atoms with van der Waals surface area (Å²) in [6.45, 7) is 3.85. The number of fused-ring (bicyclic) bond motifs is 3. The second-order valence-electron chi connectivity index (χ2n) is 5.93. The van der Waals surface area contributed by atoms with E-state index in [0.29, 0.717) is 0 Å². The van der Waals surface area contributed by atoms with Crippen molar-refractivity contribution in [3.05, 3.63) is 60.3 Å². The third-order valence-electron chi connectivity index (χ3n) is 4.26. The molecule has 0 saturated carbocycles. The van der Waals surface area contributed by atoms with Gasteiger partial charge in [0.05, 0.1) is 12.3 Å². The molecule has 0 amide bonds. The normalized spacial score (nSPS) is 12.6. The molecule has 0 atom stereocenters. The van der Waals surface area contributed by atoms with Crippen LogP contribution in [0, 0.1) is 0 Å². The smallest absolute Gasteiger partial charge is 0.140 e. The molecule has 0 saturated heterocycles. The van der Waals surface area contributed by atoms with Crippen LogP contribution < -0.4 is 4.74 Å². The summed E-state index contributed by atoms with van der Waals surface area (Å²) in [5.74, 6) is 1.98. The molecule has 1 aliphatic heterocycles. The predicted molar refractivity (Wildman–Crippen MR) is 92.6 cm³/mol. The minimum Gasteiger partial charge on any atom is -0.494 e. The van der Waals surface area contributed by atoms with E-state index in [9.17, 15) is 0 Å². The van der Waals surface area contributed by atoms with Crippen molar-refractivity contribution in [2.24, 2.45) is 0 Å². The predicted octanol–water partition coefficient (Wildman–Crippen LogP) is 4.56. The molecule has 0 fully saturated rings. The van der Waals surface area contributed by atoms with Crippen LogP contribution in [0.15, 0.2) is 54.7 Å². The summed E-state index contributed by atoms with van der Waals surface area (Å²) in [6.07, 6.45) is 4.24. The first-order valence-corrected chi connectivity index (χ1v) is 8.24. The largest absolute Gasteiger partial charge is 0.494 e. The van der Waals surface area contributed by atoms with E-state index in [1.807, 2.05) is 12.1 Å². The highest BCUT2D eigenvalue weighted by molar-refractivity contribution is 5.69. The average Bonchev–Trinajstić information content (AvgIpc) is 3.05. The van der Waals surface area contributed by atoms with Crippen LogP contribution in [-0.2, 0) is 13.0 Å². The SMILES string of the molecule is CCCOc1cccc(-c2cn3c(n2)-c2ccccc2CC3)c1. The van der Waals surface area contributed by atoms with Gasteiger partial charge in [-0.15, -0.1) is 0 Å². The van der Waals surface area contributed by atoms with Gasteiger partial charge in [0.1, 0.15) is 11.6 Å². The fourth-order valence-electron chi connectivity index (χ4n) is 3.10. The number of nitrogens with zero attached hydrogens (tertiary/aromatic N) is 2. The molecule has 23 heavy (non-hydrogen) atoms. The van der Waals surface area contributed by atoms with E-state index in [1.54, 1.807) is 0 Å². The van der Waals surface area contributed by atoms with Crippen LogP contribution in [0.1, 0.15) is 18.9 Å². The van der Waals surface area contributed by atoms with Crippen LogP contribution in [0.25, 0.3) is 22.6 Å². The van der Waals surface area contributed by atoms with Gasteiger partial charge in [0, 0.05) is 23.9 Å². The van der Waals surface area contributed by atoms with Crippen molar-refractivity contribution in [1.82, 2.24) is 9.55 Å². The van der Waals surface area contributed by atoms with Crippen molar-refractivity contribution >= 4 is 0 Å². The maximum Gasteiger partial charge on any atom is 0.140 e. The summed E-state index contributed by atoms with van der Waals surface area (Å²) < 4.78 is 8.00. The van der Waals surface area contributed by atoms with Crippen LogP contribution >= 0.6 is 0 Å². The molecule has 0 unspecified atom stereocenters. The Morgan fingerprint density at radius 1 is 1.13 bits per heavy atom. The Labute approximate surface area is 136 Å². The number of imidazole rings is 1. The molecule has 0 bridgehead atoms. The lowest BCUT2D eigenvalue weighted by Gasteiger charge is -2.17. The lowest BCUT2D eigenvalue weighted by molar-refractivity contribution is 0.317. The number of aromatic nitrogens is 2. The molecule has 1 aromatic heterocycles. The van der Waals surface area contributed by atoms with E-state index in [1.165, 1.54) is 11.1 Å². The van der Waals surface area contributed by atoms with Crippen molar-refractivity contribution < 1.29 is 4.74 Å². The van der Waals surface area contributed by atoms with Gasteiger partial charge in [0.25, 0.3) is 0 Å². The van der Waals surface area contributed by atoms with E-state index in [0.717, 1.165) is 48.8 Å². The van der Waals surface area contributed by atoms with Gasteiger partial charge < -0.3 is 9.30 Å². The summed E-state index contributed by atoms with van der Waals surface area (Å²) in [5.41, 5.74) is 4.76. The molecule has 2 aromatic carbocycles. The van der Waals surface area contributed by atoms with Gasteiger partial charge in [-0.2, -0.15) is 0 Å². The molecule has 3 nitrogen and oxygen atoms in total. The number of aryl methyl sites for hydroxylation is 2. The van der Waals surface area contributed by atoms with Crippen LogP contribution in [0.3, 0.4) is 0 Å². The van der Waals surface area contributed by atoms with Crippen molar-refractivity contribution in [1.29, 1.82) is 0 Å². The van der Waals surface area contributed by atoms with E-state index in [-0.39, 0.29) is 0 Å². The maximum atomic E-state index is 5.74. The highest BCUT2D eigenvalue weighted by Crippen LogP contribution is 2.32. The lowest BCUT2D eigenvalue weighted by Crippen LogP contribution is -2.09. The Morgan fingerprint density at radius 2 is 2.04 bits per heavy atom. The Hall–Kier alpha value is -2.55. The van der Waals surface area contributed by atoms with Gasteiger partial charge in [-0.1, -0.05) is 43.3 Å². The molecule has 3 aromatic rings. The number of benzene rings is 2. The summed E-state index contributed by atoms with van der Waals surface area (Å²) >= 11 is 0. The molecule has 2 heterocycles. The fourth-order valence-corrected chi connectivity index (χ4v) is 3.10. The van der Waals surface area contributed by atoms with Gasteiger partial charge in [-0.25, -0.2) is 4.98 Å². The molecule has 4 rings (SSSR count). The van der Waals surface area contributed by atoms with Crippen molar-refractivity contribution in [3.8, 4) is 28.4 Å². The highest BCUT2D eigenvalue weighted by Gasteiger charge is 2.18. The van der Waals surface area contributed by atoms with E-state index >= 15 is 0 Å². The zero-order valence-corrected chi connectivity index (χ0v) is 13.3. The van der Waals surface area contributed by atoms with Gasteiger partial charge in [0.15, 0.2) is 0 Å². The monoisotopic (exact) mass is 304 g/mol. The summed E-state index contributed by atoms with van der Waals surface area (Å²) in [6, 6.07) is 16.8. The van der Waals surface area contributed by atoms with Gasteiger partial charge in [-0.05, 0) is 30.5 Å². The second kappa shape index (κ2) is 5.92. The van der Waals surface area contributed by atoms with Crippen LogP contribution in [0.2, 0.25) is 0 Å². The summed E-state index contributed by atoms with van der Waals surface area (Å²) in [7, 11) is 0. The Bertz CT molecular complexity index is 835. The van der Waals surface area contributed by atoms with Gasteiger partial charge in [0.2, 0.25) is 0 Å². The minimum absolute atomic E-state index is 0.747. The zero-order chi connectivity index (χ0) is 15.6.